The van der Waals surface area contributed by atoms with Gasteiger partial charge < -0.3 is 19.9 Å². The van der Waals surface area contributed by atoms with Gasteiger partial charge in [-0.1, -0.05) is 6.07 Å². The number of hydrogen-bond acceptors (Lipinski definition) is 6. The first-order valence-corrected chi connectivity index (χ1v) is 9.98. The normalized spacial score (nSPS) is 17.7. The van der Waals surface area contributed by atoms with Gasteiger partial charge in [0.2, 0.25) is 5.82 Å². The highest BCUT2D eigenvalue weighted by Gasteiger charge is 2.28. The molecule has 1 unspecified atom stereocenters. The third kappa shape index (κ3) is 3.80. The summed E-state index contributed by atoms with van der Waals surface area (Å²) in [4.78, 5) is 27.8. The Labute approximate surface area is 170 Å². The molecule has 3 aromatic heterocycles. The standard InChI is InChI=1S/C21H27N7O/c1-13-14(2)24-19(21(29)22-4)26-20(13)28-10-8-16(11-28)23-15(3)17-12-27-9-6-5-7-18(27)25-17/h5-7,9,12,15-16,23H,8,10-11H2,1-4H3,(H,22,29)/t15?,16-/m1/s1. The molecule has 0 spiro atoms. The number of rotatable bonds is 5. The smallest absolute Gasteiger partial charge is 0.288 e. The van der Waals surface area contributed by atoms with Crippen molar-refractivity contribution in [3.8, 4) is 0 Å². The lowest BCUT2D eigenvalue weighted by atomic mass is 10.2. The zero-order valence-corrected chi connectivity index (χ0v) is 17.3. The number of carbonyl (C=O) groups excluding carboxylic acids is 1. The van der Waals surface area contributed by atoms with Crippen molar-refractivity contribution in [1.29, 1.82) is 0 Å². The highest BCUT2D eigenvalue weighted by atomic mass is 16.2. The number of hydrogen-bond donors (Lipinski definition) is 2. The van der Waals surface area contributed by atoms with E-state index in [0.717, 1.165) is 47.9 Å². The number of aromatic nitrogens is 4. The van der Waals surface area contributed by atoms with E-state index in [1.54, 1.807) is 7.05 Å². The molecule has 2 N–H and O–H groups in total. The van der Waals surface area contributed by atoms with Crippen LogP contribution in [0.2, 0.25) is 0 Å². The number of amides is 1. The Bertz CT molecular complexity index is 1010. The van der Waals surface area contributed by atoms with Crippen LogP contribution in [0.25, 0.3) is 5.65 Å². The Balaban J connectivity index is 1.47. The maximum Gasteiger partial charge on any atom is 0.288 e. The van der Waals surface area contributed by atoms with Crippen LogP contribution in [0.4, 0.5) is 5.82 Å². The Kier molecular flexibility index (Phi) is 5.19. The van der Waals surface area contributed by atoms with Crippen LogP contribution in [0.15, 0.2) is 30.6 Å². The molecule has 3 aromatic rings. The zero-order chi connectivity index (χ0) is 20.5. The van der Waals surface area contributed by atoms with E-state index in [9.17, 15) is 4.79 Å². The summed E-state index contributed by atoms with van der Waals surface area (Å²) in [6, 6.07) is 6.49. The number of aryl methyl sites for hydroxylation is 1. The van der Waals surface area contributed by atoms with Crippen molar-refractivity contribution in [2.24, 2.45) is 0 Å². The quantitative estimate of drug-likeness (QED) is 0.690. The minimum Gasteiger partial charge on any atom is -0.355 e. The molecule has 1 fully saturated rings. The first kappa shape index (κ1) is 19.3. The van der Waals surface area contributed by atoms with Gasteiger partial charge in [0, 0.05) is 55.9 Å². The molecule has 0 radical (unpaired) electrons. The van der Waals surface area contributed by atoms with Crippen molar-refractivity contribution in [2.75, 3.05) is 25.0 Å². The lowest BCUT2D eigenvalue weighted by molar-refractivity contribution is 0.0952. The number of pyridine rings is 1. The maximum atomic E-state index is 12.0. The van der Waals surface area contributed by atoms with Crippen LogP contribution in [0.3, 0.4) is 0 Å². The number of carbonyl (C=O) groups is 1. The molecule has 0 bridgehead atoms. The Morgan fingerprint density at radius 1 is 1.24 bits per heavy atom. The van der Waals surface area contributed by atoms with Crippen LogP contribution < -0.4 is 15.5 Å². The molecule has 2 atom stereocenters. The van der Waals surface area contributed by atoms with Gasteiger partial charge in [-0.05, 0) is 39.3 Å². The molecule has 1 aliphatic rings. The Morgan fingerprint density at radius 3 is 2.83 bits per heavy atom. The van der Waals surface area contributed by atoms with Crippen LogP contribution in [0.1, 0.15) is 47.0 Å². The average molecular weight is 393 g/mol. The summed E-state index contributed by atoms with van der Waals surface area (Å²) in [6.45, 7) is 7.80. The number of fused-ring (bicyclic) bond motifs is 1. The lowest BCUT2D eigenvalue weighted by Gasteiger charge is -2.22. The van der Waals surface area contributed by atoms with Gasteiger partial charge >= 0.3 is 0 Å². The zero-order valence-electron chi connectivity index (χ0n) is 17.3. The molecule has 1 amide bonds. The molecule has 8 nitrogen and oxygen atoms in total. The SMILES string of the molecule is CNC(=O)c1nc(C)c(C)c(N2CC[C@@H](NC(C)c3cn4ccccc4n3)C2)n1. The van der Waals surface area contributed by atoms with Crippen LogP contribution in [-0.4, -0.2) is 51.4 Å². The summed E-state index contributed by atoms with van der Waals surface area (Å²) in [5, 5.41) is 6.30. The fraction of sp³-hybridized carbons (Fsp3) is 0.429. The lowest BCUT2D eigenvalue weighted by Crippen LogP contribution is -2.35. The number of anilines is 1. The minimum atomic E-state index is -0.260. The molecule has 0 saturated carbocycles. The molecular formula is C21H27N7O. The third-order valence-electron chi connectivity index (χ3n) is 5.59. The molecule has 152 valence electrons. The van der Waals surface area contributed by atoms with Gasteiger partial charge in [0.1, 0.15) is 11.5 Å². The first-order valence-electron chi connectivity index (χ1n) is 9.98. The third-order valence-corrected chi connectivity index (χ3v) is 5.59. The van der Waals surface area contributed by atoms with Crippen molar-refractivity contribution in [1.82, 2.24) is 30.0 Å². The number of nitrogens with zero attached hydrogens (tertiary/aromatic N) is 5. The summed E-state index contributed by atoms with van der Waals surface area (Å²) in [5.74, 6) is 0.810. The van der Waals surface area contributed by atoms with E-state index < -0.39 is 0 Å². The van der Waals surface area contributed by atoms with Crippen molar-refractivity contribution in [2.45, 2.75) is 39.3 Å². The number of nitrogens with one attached hydrogen (secondary N) is 2. The minimum absolute atomic E-state index is 0.148. The van der Waals surface area contributed by atoms with Gasteiger partial charge in [-0.3, -0.25) is 4.79 Å². The van der Waals surface area contributed by atoms with E-state index >= 15 is 0 Å². The van der Waals surface area contributed by atoms with Gasteiger partial charge in [0.25, 0.3) is 5.91 Å². The first-order chi connectivity index (χ1) is 14.0. The Hall–Kier alpha value is -3.00. The highest BCUT2D eigenvalue weighted by molar-refractivity contribution is 5.90. The average Bonchev–Trinajstić information content (AvgIpc) is 3.36. The van der Waals surface area contributed by atoms with Crippen molar-refractivity contribution in [3.63, 3.8) is 0 Å². The van der Waals surface area contributed by atoms with Gasteiger partial charge in [0.15, 0.2) is 0 Å². The fourth-order valence-electron chi connectivity index (χ4n) is 3.83. The van der Waals surface area contributed by atoms with E-state index in [0.29, 0.717) is 6.04 Å². The summed E-state index contributed by atoms with van der Waals surface area (Å²) >= 11 is 0. The van der Waals surface area contributed by atoms with Crippen molar-refractivity contribution in [3.05, 3.63) is 53.4 Å². The summed E-state index contributed by atoms with van der Waals surface area (Å²) in [5.41, 5.74) is 3.85. The van der Waals surface area contributed by atoms with Gasteiger partial charge in [0.05, 0.1) is 5.69 Å². The summed E-state index contributed by atoms with van der Waals surface area (Å²) in [7, 11) is 1.59. The number of imidazole rings is 1. The second kappa shape index (κ2) is 7.79. The second-order valence-corrected chi connectivity index (χ2v) is 7.61. The maximum absolute atomic E-state index is 12.0. The van der Waals surface area contributed by atoms with E-state index in [1.807, 2.05) is 42.6 Å². The predicted molar refractivity (Wildman–Crippen MR) is 112 cm³/mol. The van der Waals surface area contributed by atoms with Gasteiger partial charge in [-0.15, -0.1) is 0 Å². The molecule has 0 aromatic carbocycles. The topological polar surface area (TPSA) is 87.5 Å². The fourth-order valence-corrected chi connectivity index (χ4v) is 3.83. The second-order valence-electron chi connectivity index (χ2n) is 7.61. The van der Waals surface area contributed by atoms with Crippen LogP contribution >= 0.6 is 0 Å². The van der Waals surface area contributed by atoms with Gasteiger partial charge in [-0.25, -0.2) is 15.0 Å². The van der Waals surface area contributed by atoms with Crippen molar-refractivity contribution >= 4 is 17.4 Å². The van der Waals surface area contributed by atoms with Gasteiger partial charge in [-0.2, -0.15) is 0 Å². The summed E-state index contributed by atoms with van der Waals surface area (Å²) < 4.78 is 2.04. The molecule has 4 rings (SSSR count). The van der Waals surface area contributed by atoms with E-state index in [-0.39, 0.29) is 17.8 Å². The molecular weight excluding hydrogens is 366 g/mol. The molecule has 0 aliphatic carbocycles. The predicted octanol–water partition coefficient (Wildman–Crippen LogP) is 2.03. The Morgan fingerprint density at radius 2 is 2.07 bits per heavy atom. The van der Waals surface area contributed by atoms with Crippen LogP contribution in [0.5, 0.6) is 0 Å². The molecule has 1 saturated heterocycles. The molecule has 29 heavy (non-hydrogen) atoms. The summed E-state index contributed by atoms with van der Waals surface area (Å²) in [6.07, 6.45) is 5.10. The van der Waals surface area contributed by atoms with Crippen molar-refractivity contribution < 1.29 is 4.79 Å². The van der Waals surface area contributed by atoms with Crippen LogP contribution in [-0.2, 0) is 0 Å². The van der Waals surface area contributed by atoms with E-state index in [1.165, 1.54) is 0 Å². The highest BCUT2D eigenvalue weighted by Crippen LogP contribution is 2.25. The molecule has 8 heteroatoms. The van der Waals surface area contributed by atoms with E-state index in [4.69, 9.17) is 4.98 Å². The van der Waals surface area contributed by atoms with Crippen LogP contribution in [0, 0.1) is 13.8 Å². The molecule has 4 heterocycles. The monoisotopic (exact) mass is 393 g/mol. The largest absolute Gasteiger partial charge is 0.355 e. The van der Waals surface area contributed by atoms with E-state index in [2.05, 4.69) is 38.6 Å². The molecule has 1 aliphatic heterocycles.